The van der Waals surface area contributed by atoms with Gasteiger partial charge in [0.15, 0.2) is 0 Å². The molecule has 1 aromatic carbocycles. The molecule has 3 nitrogen and oxygen atoms in total. The number of aromatic nitrogens is 1. The molecule has 1 aliphatic heterocycles. The molecule has 0 unspecified atom stereocenters. The summed E-state index contributed by atoms with van der Waals surface area (Å²) in [6, 6.07) is 10.0. The number of nitrogens with zero attached hydrogens (tertiary/aromatic N) is 1. The van der Waals surface area contributed by atoms with E-state index in [1.807, 2.05) is 36.5 Å². The number of pyridine rings is 1. The lowest BCUT2D eigenvalue weighted by Crippen LogP contribution is -2.42. The molecule has 0 fully saturated rings. The van der Waals surface area contributed by atoms with Gasteiger partial charge >= 0.3 is 0 Å². The number of aliphatic hydroxyl groups excluding tert-OH is 1. The Hall–Kier alpha value is -1.42. The third-order valence-electron chi connectivity index (χ3n) is 3.53. The Morgan fingerprint density at radius 2 is 2.26 bits per heavy atom. The van der Waals surface area contributed by atoms with E-state index < -0.39 is 0 Å². The van der Waals surface area contributed by atoms with Crippen LogP contribution in [0, 0.1) is 0 Å². The van der Waals surface area contributed by atoms with Crippen molar-refractivity contribution >= 4 is 11.6 Å². The van der Waals surface area contributed by atoms with E-state index in [4.69, 9.17) is 11.6 Å². The van der Waals surface area contributed by atoms with E-state index in [0.717, 1.165) is 17.0 Å². The van der Waals surface area contributed by atoms with Gasteiger partial charge in [0.05, 0.1) is 12.6 Å². The summed E-state index contributed by atoms with van der Waals surface area (Å²) in [5.74, 6) is 0. The molecule has 0 spiro atoms. The van der Waals surface area contributed by atoms with E-state index in [1.165, 1.54) is 11.1 Å². The Kier molecular flexibility index (Phi) is 3.51. The molecular weight excluding hydrogens is 260 g/mol. The minimum Gasteiger partial charge on any atom is -0.395 e. The Morgan fingerprint density at radius 3 is 3.00 bits per heavy atom. The normalized spacial score (nSPS) is 22.0. The fourth-order valence-electron chi connectivity index (χ4n) is 2.61. The molecule has 2 heterocycles. The standard InChI is InChI=1S/C15H15ClN2O/c16-12-4-3-10-6-13(9-19)18-15(14(10)7-12)11-2-1-5-17-8-11/h1-5,7-8,13,15,18-19H,6,9H2/t13-,15-/m0/s1. The zero-order chi connectivity index (χ0) is 13.2. The van der Waals surface area contributed by atoms with Gasteiger partial charge in [-0.15, -0.1) is 0 Å². The SMILES string of the molecule is OC[C@@H]1Cc2ccc(Cl)cc2[C@H](c2cccnc2)N1. The molecule has 0 saturated carbocycles. The lowest BCUT2D eigenvalue weighted by atomic mass is 9.87. The first kappa shape index (κ1) is 12.6. The molecule has 2 N–H and O–H groups in total. The van der Waals surface area contributed by atoms with Crippen molar-refractivity contribution in [3.05, 3.63) is 64.4 Å². The zero-order valence-corrected chi connectivity index (χ0v) is 11.1. The number of fused-ring (bicyclic) bond motifs is 1. The van der Waals surface area contributed by atoms with Crippen molar-refractivity contribution in [1.29, 1.82) is 0 Å². The summed E-state index contributed by atoms with van der Waals surface area (Å²) in [4.78, 5) is 4.17. The molecule has 19 heavy (non-hydrogen) atoms. The first-order valence-electron chi connectivity index (χ1n) is 6.33. The van der Waals surface area contributed by atoms with Crippen LogP contribution in [0.4, 0.5) is 0 Å². The second-order valence-electron chi connectivity index (χ2n) is 4.81. The van der Waals surface area contributed by atoms with Crippen molar-refractivity contribution in [3.63, 3.8) is 0 Å². The van der Waals surface area contributed by atoms with Crippen LogP contribution in [-0.4, -0.2) is 22.7 Å². The Balaban J connectivity index is 2.07. The molecule has 0 bridgehead atoms. The van der Waals surface area contributed by atoms with E-state index in [-0.39, 0.29) is 18.7 Å². The summed E-state index contributed by atoms with van der Waals surface area (Å²) in [7, 11) is 0. The van der Waals surface area contributed by atoms with Crippen molar-refractivity contribution in [2.24, 2.45) is 0 Å². The van der Waals surface area contributed by atoms with E-state index >= 15 is 0 Å². The van der Waals surface area contributed by atoms with Crippen LogP contribution < -0.4 is 5.32 Å². The predicted molar refractivity (Wildman–Crippen MR) is 75.2 cm³/mol. The van der Waals surface area contributed by atoms with Crippen molar-refractivity contribution in [2.75, 3.05) is 6.61 Å². The van der Waals surface area contributed by atoms with Gasteiger partial charge < -0.3 is 10.4 Å². The largest absolute Gasteiger partial charge is 0.395 e. The number of hydrogen-bond donors (Lipinski definition) is 2. The minimum absolute atomic E-state index is 0.0355. The highest BCUT2D eigenvalue weighted by molar-refractivity contribution is 6.30. The van der Waals surface area contributed by atoms with Crippen LogP contribution in [0.2, 0.25) is 5.02 Å². The quantitative estimate of drug-likeness (QED) is 0.884. The lowest BCUT2D eigenvalue weighted by Gasteiger charge is -2.32. The first-order chi connectivity index (χ1) is 9.28. The highest BCUT2D eigenvalue weighted by atomic mass is 35.5. The van der Waals surface area contributed by atoms with Crippen molar-refractivity contribution < 1.29 is 5.11 Å². The fourth-order valence-corrected chi connectivity index (χ4v) is 2.79. The Bertz CT molecular complexity index is 574. The molecule has 1 aromatic heterocycles. The van der Waals surface area contributed by atoms with Gasteiger partial charge in [-0.1, -0.05) is 23.7 Å². The Labute approximate surface area is 117 Å². The minimum atomic E-state index is 0.0355. The van der Waals surface area contributed by atoms with Crippen molar-refractivity contribution in [3.8, 4) is 0 Å². The summed E-state index contributed by atoms with van der Waals surface area (Å²) >= 11 is 6.11. The number of halogens is 1. The maximum Gasteiger partial charge on any atom is 0.0598 e. The lowest BCUT2D eigenvalue weighted by molar-refractivity contribution is 0.229. The number of rotatable bonds is 2. The average molecular weight is 275 g/mol. The molecular formula is C15H15ClN2O. The van der Waals surface area contributed by atoms with Gasteiger partial charge in [0, 0.05) is 23.5 Å². The summed E-state index contributed by atoms with van der Waals surface area (Å²) in [5.41, 5.74) is 3.49. The van der Waals surface area contributed by atoms with Gasteiger partial charge in [-0.2, -0.15) is 0 Å². The summed E-state index contributed by atoms with van der Waals surface area (Å²) in [6.07, 6.45) is 4.43. The first-order valence-corrected chi connectivity index (χ1v) is 6.71. The molecule has 1 aliphatic rings. The average Bonchev–Trinajstić information content (AvgIpc) is 2.47. The second-order valence-corrected chi connectivity index (χ2v) is 5.25. The summed E-state index contributed by atoms with van der Waals surface area (Å²) in [6.45, 7) is 0.124. The van der Waals surface area contributed by atoms with E-state index in [2.05, 4.69) is 10.3 Å². The van der Waals surface area contributed by atoms with E-state index in [9.17, 15) is 5.11 Å². The van der Waals surface area contributed by atoms with Crippen LogP contribution >= 0.6 is 11.6 Å². The van der Waals surface area contributed by atoms with E-state index in [0.29, 0.717) is 0 Å². The second kappa shape index (κ2) is 5.29. The van der Waals surface area contributed by atoms with Crippen LogP contribution in [0.25, 0.3) is 0 Å². The molecule has 0 saturated heterocycles. The molecule has 0 aliphatic carbocycles. The number of nitrogens with one attached hydrogen (secondary N) is 1. The van der Waals surface area contributed by atoms with Crippen LogP contribution in [0.15, 0.2) is 42.7 Å². The number of hydrogen-bond acceptors (Lipinski definition) is 3. The third-order valence-corrected chi connectivity index (χ3v) is 3.76. The van der Waals surface area contributed by atoms with Gasteiger partial charge in [0.25, 0.3) is 0 Å². The van der Waals surface area contributed by atoms with Crippen molar-refractivity contribution in [1.82, 2.24) is 10.3 Å². The molecule has 2 aromatic rings. The molecule has 2 atom stereocenters. The van der Waals surface area contributed by atoms with Crippen LogP contribution in [0.1, 0.15) is 22.7 Å². The fraction of sp³-hybridized carbons (Fsp3) is 0.267. The van der Waals surface area contributed by atoms with Crippen LogP contribution in [-0.2, 0) is 6.42 Å². The summed E-state index contributed by atoms with van der Waals surface area (Å²) < 4.78 is 0. The predicted octanol–water partition coefficient (Wildman–Crippen LogP) is 2.33. The number of benzene rings is 1. The van der Waals surface area contributed by atoms with Gasteiger partial charge in [0.2, 0.25) is 0 Å². The maximum absolute atomic E-state index is 9.43. The van der Waals surface area contributed by atoms with Gasteiger partial charge in [-0.05, 0) is 41.3 Å². The van der Waals surface area contributed by atoms with Gasteiger partial charge in [-0.25, -0.2) is 0 Å². The smallest absolute Gasteiger partial charge is 0.0598 e. The molecule has 0 radical (unpaired) electrons. The summed E-state index contributed by atoms with van der Waals surface area (Å²) in [5, 5.41) is 13.6. The van der Waals surface area contributed by atoms with Crippen molar-refractivity contribution in [2.45, 2.75) is 18.5 Å². The van der Waals surface area contributed by atoms with Gasteiger partial charge in [-0.3, -0.25) is 4.98 Å². The number of aliphatic hydroxyl groups is 1. The third kappa shape index (κ3) is 2.50. The zero-order valence-electron chi connectivity index (χ0n) is 10.4. The molecule has 0 amide bonds. The molecule has 98 valence electrons. The van der Waals surface area contributed by atoms with Gasteiger partial charge in [0.1, 0.15) is 0 Å². The van der Waals surface area contributed by atoms with E-state index in [1.54, 1.807) is 6.20 Å². The van der Waals surface area contributed by atoms with Crippen LogP contribution in [0.5, 0.6) is 0 Å². The monoisotopic (exact) mass is 274 g/mol. The molecule has 4 heteroatoms. The molecule has 3 rings (SSSR count). The van der Waals surface area contributed by atoms with Crippen LogP contribution in [0.3, 0.4) is 0 Å². The Morgan fingerprint density at radius 1 is 1.37 bits per heavy atom. The topological polar surface area (TPSA) is 45.2 Å². The highest BCUT2D eigenvalue weighted by Crippen LogP contribution is 2.32. The maximum atomic E-state index is 9.43. The highest BCUT2D eigenvalue weighted by Gasteiger charge is 2.27.